The van der Waals surface area contributed by atoms with E-state index >= 15 is 0 Å². The largest absolute Gasteiger partial charge is 0.349 e. The Morgan fingerprint density at radius 3 is 2.57 bits per heavy atom. The van der Waals surface area contributed by atoms with Gasteiger partial charge >= 0.3 is 0 Å². The number of rotatable bonds is 0. The molecule has 2 aliphatic heterocycles. The summed E-state index contributed by atoms with van der Waals surface area (Å²) < 4.78 is 13.3. The molecule has 7 aliphatic rings. The molecule has 0 aromatic heterocycles. The highest BCUT2D eigenvalue weighted by Crippen LogP contribution is 2.81. The number of hydrogen-bond donors (Lipinski definition) is 0. The molecule has 7 rings (SSSR count). The number of ketones is 1. The third-order valence-electron chi connectivity index (χ3n) is 12.6. The number of carbonyl (C=O) groups is 1. The van der Waals surface area contributed by atoms with E-state index in [9.17, 15) is 4.79 Å². The van der Waals surface area contributed by atoms with Crippen molar-refractivity contribution < 1.29 is 14.3 Å². The second-order valence-electron chi connectivity index (χ2n) is 13.4. The monoisotopic (exact) mass is 412 g/mol. The minimum Gasteiger partial charge on any atom is -0.349 e. The third kappa shape index (κ3) is 1.93. The summed E-state index contributed by atoms with van der Waals surface area (Å²) in [6.45, 7) is 10.7. The summed E-state index contributed by atoms with van der Waals surface area (Å²) in [7, 11) is 0. The van der Waals surface area contributed by atoms with Gasteiger partial charge in [0.1, 0.15) is 5.78 Å². The minimum atomic E-state index is -0.322. The van der Waals surface area contributed by atoms with Crippen LogP contribution in [-0.2, 0) is 14.3 Å². The zero-order valence-electron chi connectivity index (χ0n) is 19.4. The highest BCUT2D eigenvalue weighted by Gasteiger charge is 2.78. The summed E-state index contributed by atoms with van der Waals surface area (Å²) in [6, 6.07) is 0. The van der Waals surface area contributed by atoms with Crippen LogP contribution in [0.3, 0.4) is 0 Å². The van der Waals surface area contributed by atoms with Crippen molar-refractivity contribution >= 4 is 5.78 Å². The van der Waals surface area contributed by atoms with Crippen molar-refractivity contribution in [2.75, 3.05) is 6.61 Å². The Morgan fingerprint density at radius 1 is 1.00 bits per heavy atom. The predicted octanol–water partition coefficient (Wildman–Crippen LogP) is 5.61. The standard InChI is InChI=1S/C27H40O3/c1-15-5-10-27(29-14-15)16(2)23-21(30-27)12-20-18-11-22(28)26-13-17(26)6-9-25(26,4)19(18)7-8-24(20,23)3/h15-21,23H,5-14H2,1-4H3/t15-,16+,17+,18-,19+,20+,21+,23+,24+,25-,26-,27-/m1/s1. The first kappa shape index (κ1) is 19.1. The third-order valence-corrected chi connectivity index (χ3v) is 12.6. The quantitative estimate of drug-likeness (QED) is 0.519. The van der Waals surface area contributed by atoms with E-state index in [-0.39, 0.29) is 11.2 Å². The fourth-order valence-electron chi connectivity index (χ4n) is 11.0. The molecule has 0 radical (unpaired) electrons. The number of carbonyl (C=O) groups excluding carboxylic acids is 1. The van der Waals surface area contributed by atoms with Gasteiger partial charge in [0.05, 0.1) is 12.7 Å². The molecule has 2 spiro atoms. The van der Waals surface area contributed by atoms with E-state index in [4.69, 9.17) is 9.47 Å². The molecule has 0 bridgehead atoms. The molecule has 0 N–H and O–H groups in total. The maximum Gasteiger partial charge on any atom is 0.171 e. The van der Waals surface area contributed by atoms with E-state index in [0.717, 1.165) is 31.3 Å². The molecule has 3 heteroatoms. The summed E-state index contributed by atoms with van der Waals surface area (Å²) in [5.74, 6) is 4.86. The molecule has 2 heterocycles. The van der Waals surface area contributed by atoms with E-state index in [1.807, 2.05) is 0 Å². The molecule has 12 atom stereocenters. The predicted molar refractivity (Wildman–Crippen MR) is 115 cm³/mol. The van der Waals surface area contributed by atoms with Gasteiger partial charge in [0, 0.05) is 24.2 Å². The van der Waals surface area contributed by atoms with Crippen molar-refractivity contribution in [1.82, 2.24) is 0 Å². The van der Waals surface area contributed by atoms with E-state index in [1.165, 1.54) is 44.9 Å². The molecular formula is C27H40O3. The normalized spacial score (nSPS) is 65.7. The Morgan fingerprint density at radius 2 is 1.83 bits per heavy atom. The smallest absolute Gasteiger partial charge is 0.171 e. The second kappa shape index (κ2) is 5.56. The Bertz CT molecular complexity index is 798. The number of Topliss-reactive ketones (excluding diaryl/α,β-unsaturated/α-hetero) is 1. The van der Waals surface area contributed by atoms with E-state index in [0.29, 0.717) is 52.3 Å². The SMILES string of the molecule is C[C@@H]1CC[C@@]2(OC1)O[C@H]1C[C@H]3[C@@H]4CC(=O)[C@@]56C[C@@H]5CC[C@]6(C)[C@H]4CC[C@]3(C)[C@H]1[C@@H]2C. The van der Waals surface area contributed by atoms with E-state index < -0.39 is 0 Å². The first-order chi connectivity index (χ1) is 14.3. The topological polar surface area (TPSA) is 35.5 Å². The summed E-state index contributed by atoms with van der Waals surface area (Å²) in [5, 5.41) is 0. The first-order valence-corrected chi connectivity index (χ1v) is 13.1. The maximum absolute atomic E-state index is 13.5. The van der Waals surface area contributed by atoms with Crippen molar-refractivity contribution in [3.63, 3.8) is 0 Å². The maximum atomic E-state index is 13.5. The summed E-state index contributed by atoms with van der Waals surface area (Å²) in [6.07, 6.45) is 11.2. The zero-order valence-corrected chi connectivity index (χ0v) is 19.4. The fourth-order valence-corrected chi connectivity index (χ4v) is 11.0. The van der Waals surface area contributed by atoms with E-state index in [1.54, 1.807) is 0 Å². The molecule has 3 nitrogen and oxygen atoms in total. The zero-order chi connectivity index (χ0) is 20.7. The lowest BCUT2D eigenvalue weighted by atomic mass is 9.45. The van der Waals surface area contributed by atoms with Crippen LogP contribution in [0.25, 0.3) is 0 Å². The van der Waals surface area contributed by atoms with Crippen molar-refractivity contribution in [2.24, 2.45) is 57.7 Å². The van der Waals surface area contributed by atoms with Crippen molar-refractivity contribution in [1.29, 1.82) is 0 Å². The summed E-state index contributed by atoms with van der Waals surface area (Å²) in [4.78, 5) is 13.5. The second-order valence-corrected chi connectivity index (χ2v) is 13.4. The van der Waals surface area contributed by atoms with Crippen LogP contribution in [0.1, 0.15) is 85.5 Å². The molecule has 2 saturated heterocycles. The Hall–Kier alpha value is -0.410. The number of fused-ring (bicyclic) bond motifs is 6. The van der Waals surface area contributed by atoms with Crippen molar-refractivity contribution in [2.45, 2.75) is 97.4 Å². The van der Waals surface area contributed by atoms with Gasteiger partial charge in [0.15, 0.2) is 5.79 Å². The Kier molecular flexibility index (Phi) is 3.54. The van der Waals surface area contributed by atoms with Crippen molar-refractivity contribution in [3.8, 4) is 0 Å². The Labute approximate surface area is 182 Å². The minimum absolute atomic E-state index is 0.108. The number of ether oxygens (including phenoxy) is 2. The van der Waals surface area contributed by atoms with Crippen LogP contribution in [0.15, 0.2) is 0 Å². The highest BCUT2D eigenvalue weighted by atomic mass is 16.7. The van der Waals surface area contributed by atoms with Crippen LogP contribution in [0.5, 0.6) is 0 Å². The van der Waals surface area contributed by atoms with Gasteiger partial charge in [0.25, 0.3) is 0 Å². The van der Waals surface area contributed by atoms with Crippen molar-refractivity contribution in [3.05, 3.63) is 0 Å². The summed E-state index contributed by atoms with van der Waals surface area (Å²) >= 11 is 0. The van der Waals surface area contributed by atoms with Crippen LogP contribution < -0.4 is 0 Å². The average molecular weight is 413 g/mol. The average Bonchev–Trinajstić information content (AvgIpc) is 3.17. The molecule has 7 fully saturated rings. The van der Waals surface area contributed by atoms with Gasteiger partial charge in [-0.1, -0.05) is 27.7 Å². The molecule has 0 aromatic carbocycles. The van der Waals surface area contributed by atoms with Crippen LogP contribution in [0.2, 0.25) is 0 Å². The van der Waals surface area contributed by atoms with Gasteiger partial charge in [-0.2, -0.15) is 0 Å². The van der Waals surface area contributed by atoms with Gasteiger partial charge < -0.3 is 9.47 Å². The Balaban J connectivity index is 1.21. The van der Waals surface area contributed by atoms with Gasteiger partial charge in [-0.3, -0.25) is 4.79 Å². The van der Waals surface area contributed by atoms with Crippen LogP contribution in [0, 0.1) is 57.7 Å². The molecule has 166 valence electrons. The lowest BCUT2D eigenvalue weighted by Gasteiger charge is -2.58. The lowest BCUT2D eigenvalue weighted by Crippen LogP contribution is -2.56. The fraction of sp³-hybridized carbons (Fsp3) is 0.963. The lowest BCUT2D eigenvalue weighted by molar-refractivity contribution is -0.272. The molecule has 0 aromatic rings. The van der Waals surface area contributed by atoms with Crippen LogP contribution in [-0.4, -0.2) is 24.3 Å². The highest BCUT2D eigenvalue weighted by molar-refractivity contribution is 5.91. The molecule has 5 saturated carbocycles. The molecule has 5 aliphatic carbocycles. The first-order valence-electron chi connectivity index (χ1n) is 13.1. The van der Waals surface area contributed by atoms with E-state index in [2.05, 4.69) is 27.7 Å². The van der Waals surface area contributed by atoms with Gasteiger partial charge in [0.2, 0.25) is 0 Å². The number of hydrogen-bond acceptors (Lipinski definition) is 3. The molecule has 30 heavy (non-hydrogen) atoms. The molecule has 0 amide bonds. The van der Waals surface area contributed by atoms with Crippen LogP contribution in [0.4, 0.5) is 0 Å². The molecule has 0 unspecified atom stereocenters. The molecular weight excluding hydrogens is 372 g/mol. The van der Waals surface area contributed by atoms with Gasteiger partial charge in [-0.15, -0.1) is 0 Å². The van der Waals surface area contributed by atoms with Crippen LogP contribution >= 0.6 is 0 Å². The van der Waals surface area contributed by atoms with Gasteiger partial charge in [-0.05, 0) is 91.3 Å². The van der Waals surface area contributed by atoms with Gasteiger partial charge in [-0.25, -0.2) is 0 Å². The summed E-state index contributed by atoms with van der Waals surface area (Å²) in [5.41, 5.74) is 0.730.